The highest BCUT2D eigenvalue weighted by Gasteiger charge is 1.97. The second-order valence-corrected chi connectivity index (χ2v) is 4.07. The molecule has 0 spiro atoms. The standard InChI is InChI=1S/C12H23N3O2/c1-17-8-4-2-3-5-13-9-12-10-14-15(11-12)6-7-16/h10-11,13,16H,2-9H2,1H3. The minimum Gasteiger partial charge on any atom is -0.394 e. The Hall–Kier alpha value is -0.910. The fourth-order valence-electron chi connectivity index (χ4n) is 1.63. The van der Waals surface area contributed by atoms with Crippen molar-refractivity contribution in [3.05, 3.63) is 18.0 Å². The van der Waals surface area contributed by atoms with Crippen molar-refractivity contribution in [2.24, 2.45) is 0 Å². The van der Waals surface area contributed by atoms with E-state index in [1.165, 1.54) is 12.8 Å². The maximum absolute atomic E-state index is 8.76. The van der Waals surface area contributed by atoms with Crippen LogP contribution in [0.3, 0.4) is 0 Å². The Morgan fingerprint density at radius 2 is 2.29 bits per heavy atom. The molecule has 0 aliphatic heterocycles. The van der Waals surface area contributed by atoms with E-state index in [9.17, 15) is 0 Å². The second-order valence-electron chi connectivity index (χ2n) is 4.07. The van der Waals surface area contributed by atoms with Gasteiger partial charge in [0.25, 0.3) is 0 Å². The number of hydrogen-bond acceptors (Lipinski definition) is 4. The lowest BCUT2D eigenvalue weighted by Crippen LogP contribution is -2.14. The molecule has 0 fully saturated rings. The van der Waals surface area contributed by atoms with Crippen LogP contribution in [-0.2, 0) is 17.8 Å². The van der Waals surface area contributed by atoms with Crippen LogP contribution in [0.4, 0.5) is 0 Å². The van der Waals surface area contributed by atoms with E-state index in [0.29, 0.717) is 6.54 Å². The Bertz CT molecular complexity index is 289. The van der Waals surface area contributed by atoms with Crippen molar-refractivity contribution in [1.82, 2.24) is 15.1 Å². The SMILES string of the molecule is COCCCCCNCc1cnn(CCO)c1. The smallest absolute Gasteiger partial charge is 0.0640 e. The number of nitrogens with zero attached hydrogens (tertiary/aromatic N) is 2. The summed E-state index contributed by atoms with van der Waals surface area (Å²) in [4.78, 5) is 0. The molecule has 5 heteroatoms. The summed E-state index contributed by atoms with van der Waals surface area (Å²) in [5.41, 5.74) is 1.16. The number of aliphatic hydroxyl groups is 1. The van der Waals surface area contributed by atoms with E-state index in [0.717, 1.165) is 31.7 Å². The molecule has 0 unspecified atom stereocenters. The van der Waals surface area contributed by atoms with Crippen molar-refractivity contribution >= 4 is 0 Å². The van der Waals surface area contributed by atoms with Gasteiger partial charge in [0.15, 0.2) is 0 Å². The van der Waals surface area contributed by atoms with Crippen molar-refractivity contribution in [2.75, 3.05) is 26.9 Å². The number of unbranched alkanes of at least 4 members (excludes halogenated alkanes) is 2. The van der Waals surface area contributed by atoms with Crippen molar-refractivity contribution in [3.63, 3.8) is 0 Å². The third-order valence-corrected chi connectivity index (χ3v) is 2.55. The maximum Gasteiger partial charge on any atom is 0.0640 e. The highest BCUT2D eigenvalue weighted by molar-refractivity contribution is 5.03. The summed E-state index contributed by atoms with van der Waals surface area (Å²) in [7, 11) is 1.74. The van der Waals surface area contributed by atoms with Crippen molar-refractivity contribution in [1.29, 1.82) is 0 Å². The van der Waals surface area contributed by atoms with Crippen LogP contribution in [0.25, 0.3) is 0 Å². The molecule has 0 amide bonds. The maximum atomic E-state index is 8.76. The lowest BCUT2D eigenvalue weighted by molar-refractivity contribution is 0.192. The molecule has 98 valence electrons. The predicted octanol–water partition coefficient (Wildman–Crippen LogP) is 0.782. The molecule has 0 saturated heterocycles. The van der Waals surface area contributed by atoms with Crippen molar-refractivity contribution < 1.29 is 9.84 Å². The normalized spacial score (nSPS) is 10.9. The zero-order chi connectivity index (χ0) is 12.3. The van der Waals surface area contributed by atoms with Gasteiger partial charge >= 0.3 is 0 Å². The van der Waals surface area contributed by atoms with Gasteiger partial charge in [-0.25, -0.2) is 0 Å². The fourth-order valence-corrected chi connectivity index (χ4v) is 1.63. The topological polar surface area (TPSA) is 59.3 Å². The van der Waals surface area contributed by atoms with E-state index < -0.39 is 0 Å². The molecule has 17 heavy (non-hydrogen) atoms. The predicted molar refractivity (Wildman–Crippen MR) is 66.7 cm³/mol. The van der Waals surface area contributed by atoms with Gasteiger partial charge in [-0.3, -0.25) is 4.68 Å². The highest BCUT2D eigenvalue weighted by atomic mass is 16.5. The first-order valence-electron chi connectivity index (χ1n) is 6.18. The first-order chi connectivity index (χ1) is 8.36. The first-order valence-corrected chi connectivity index (χ1v) is 6.18. The summed E-state index contributed by atoms with van der Waals surface area (Å²) in [5, 5.41) is 16.3. The number of rotatable bonds is 10. The zero-order valence-electron chi connectivity index (χ0n) is 10.6. The van der Waals surface area contributed by atoms with Crippen LogP contribution in [0.1, 0.15) is 24.8 Å². The minimum absolute atomic E-state index is 0.133. The second kappa shape index (κ2) is 9.15. The van der Waals surface area contributed by atoms with Crippen LogP contribution in [0.2, 0.25) is 0 Å². The van der Waals surface area contributed by atoms with Crippen LogP contribution >= 0.6 is 0 Å². The van der Waals surface area contributed by atoms with Gasteiger partial charge in [0, 0.05) is 32.0 Å². The van der Waals surface area contributed by atoms with Gasteiger partial charge in [-0.2, -0.15) is 5.10 Å². The molecule has 0 aromatic carbocycles. The molecule has 1 rings (SSSR count). The third-order valence-electron chi connectivity index (χ3n) is 2.55. The largest absolute Gasteiger partial charge is 0.394 e. The lowest BCUT2D eigenvalue weighted by Gasteiger charge is -2.02. The average molecular weight is 241 g/mol. The first kappa shape index (κ1) is 14.2. The van der Waals surface area contributed by atoms with E-state index in [2.05, 4.69) is 10.4 Å². The van der Waals surface area contributed by atoms with Crippen LogP contribution in [0.15, 0.2) is 12.4 Å². The van der Waals surface area contributed by atoms with Crippen molar-refractivity contribution in [3.8, 4) is 0 Å². The molecule has 1 heterocycles. The summed E-state index contributed by atoms with van der Waals surface area (Å²) in [6.07, 6.45) is 7.31. The molecule has 2 N–H and O–H groups in total. The van der Waals surface area contributed by atoms with Crippen LogP contribution in [0.5, 0.6) is 0 Å². The van der Waals surface area contributed by atoms with Gasteiger partial charge in [-0.1, -0.05) is 0 Å². The molecular weight excluding hydrogens is 218 g/mol. The van der Waals surface area contributed by atoms with Crippen LogP contribution < -0.4 is 5.32 Å². The summed E-state index contributed by atoms with van der Waals surface area (Å²) in [6, 6.07) is 0. The van der Waals surface area contributed by atoms with Crippen molar-refractivity contribution in [2.45, 2.75) is 32.4 Å². The molecule has 1 aromatic heterocycles. The summed E-state index contributed by atoms with van der Waals surface area (Å²) < 4.78 is 6.75. The molecule has 0 bridgehead atoms. The van der Waals surface area contributed by atoms with E-state index in [1.54, 1.807) is 11.8 Å². The summed E-state index contributed by atoms with van der Waals surface area (Å²) >= 11 is 0. The van der Waals surface area contributed by atoms with E-state index in [-0.39, 0.29) is 6.61 Å². The number of aromatic nitrogens is 2. The number of ether oxygens (including phenoxy) is 1. The quantitative estimate of drug-likeness (QED) is 0.594. The number of methoxy groups -OCH3 is 1. The Kier molecular flexibility index (Phi) is 7.62. The molecule has 5 nitrogen and oxygen atoms in total. The summed E-state index contributed by atoms with van der Waals surface area (Å²) in [6.45, 7) is 3.42. The van der Waals surface area contributed by atoms with E-state index in [4.69, 9.17) is 9.84 Å². The van der Waals surface area contributed by atoms with Gasteiger partial charge < -0.3 is 15.2 Å². The van der Waals surface area contributed by atoms with Gasteiger partial charge in [-0.05, 0) is 25.8 Å². The number of aliphatic hydroxyl groups excluding tert-OH is 1. The molecule has 0 radical (unpaired) electrons. The van der Waals surface area contributed by atoms with E-state index >= 15 is 0 Å². The Labute approximate surface area is 103 Å². The molecule has 0 aliphatic rings. The third kappa shape index (κ3) is 6.41. The molecule has 0 saturated carbocycles. The highest BCUT2D eigenvalue weighted by Crippen LogP contribution is 1.98. The Morgan fingerprint density at radius 1 is 1.41 bits per heavy atom. The van der Waals surface area contributed by atoms with Gasteiger partial charge in [0.05, 0.1) is 19.3 Å². The Morgan fingerprint density at radius 3 is 3.06 bits per heavy atom. The minimum atomic E-state index is 0.133. The van der Waals surface area contributed by atoms with Crippen LogP contribution in [-0.4, -0.2) is 41.8 Å². The van der Waals surface area contributed by atoms with Gasteiger partial charge in [0.2, 0.25) is 0 Å². The summed E-state index contributed by atoms with van der Waals surface area (Å²) in [5.74, 6) is 0. The lowest BCUT2D eigenvalue weighted by atomic mass is 10.2. The molecule has 0 aliphatic carbocycles. The van der Waals surface area contributed by atoms with E-state index in [1.807, 2.05) is 12.4 Å². The monoisotopic (exact) mass is 241 g/mol. The van der Waals surface area contributed by atoms with Gasteiger partial charge in [-0.15, -0.1) is 0 Å². The molecule has 0 atom stereocenters. The zero-order valence-corrected chi connectivity index (χ0v) is 10.6. The van der Waals surface area contributed by atoms with Gasteiger partial charge in [0.1, 0.15) is 0 Å². The number of hydrogen-bond donors (Lipinski definition) is 2. The molecule has 1 aromatic rings. The average Bonchev–Trinajstić information content (AvgIpc) is 2.76. The molecular formula is C12H23N3O2. The Balaban J connectivity index is 2.01. The fraction of sp³-hybridized carbons (Fsp3) is 0.750. The van der Waals surface area contributed by atoms with Crippen LogP contribution in [0, 0.1) is 0 Å². The number of nitrogens with one attached hydrogen (secondary N) is 1.